The van der Waals surface area contributed by atoms with Crippen molar-refractivity contribution in [1.29, 1.82) is 0 Å². The number of carbonyl (C=O) groups excluding carboxylic acids is 1. The first-order valence-corrected chi connectivity index (χ1v) is 5.19. The molecule has 0 amide bonds. The molecule has 1 aromatic heterocycles. The van der Waals surface area contributed by atoms with E-state index in [0.29, 0.717) is 6.61 Å². The Balaban J connectivity index is 1.91. The predicted molar refractivity (Wildman–Crippen MR) is 50.9 cm³/mol. The molecule has 0 radical (unpaired) electrons. The van der Waals surface area contributed by atoms with Gasteiger partial charge in [-0.25, -0.2) is 0 Å². The molecule has 5 heteroatoms. The zero-order valence-electron chi connectivity index (χ0n) is 7.69. The topological polar surface area (TPSA) is 44.8 Å². The second-order valence-electron chi connectivity index (χ2n) is 2.95. The monoisotopic (exact) mass is 214 g/mol. The second kappa shape index (κ2) is 3.88. The van der Waals surface area contributed by atoms with Gasteiger partial charge in [-0.1, -0.05) is 0 Å². The fourth-order valence-corrected chi connectivity index (χ4v) is 1.82. The minimum absolute atomic E-state index is 0.194. The maximum absolute atomic E-state index is 10.6. The molecule has 0 spiro atoms. The molecule has 0 aromatic carbocycles. The summed E-state index contributed by atoms with van der Waals surface area (Å²) >= 11 is 1.52. The van der Waals surface area contributed by atoms with E-state index in [-0.39, 0.29) is 18.7 Å². The van der Waals surface area contributed by atoms with Crippen LogP contribution in [0.25, 0.3) is 0 Å². The van der Waals surface area contributed by atoms with Crippen molar-refractivity contribution in [1.82, 2.24) is 0 Å². The molecule has 1 aliphatic rings. The molecule has 1 aromatic rings. The van der Waals surface area contributed by atoms with Crippen LogP contribution in [0.5, 0.6) is 11.5 Å². The van der Waals surface area contributed by atoms with Gasteiger partial charge >= 0.3 is 5.97 Å². The molecule has 2 rings (SSSR count). The van der Waals surface area contributed by atoms with Gasteiger partial charge in [-0.15, -0.1) is 11.3 Å². The lowest BCUT2D eigenvalue weighted by molar-refractivity contribution is -0.144. The van der Waals surface area contributed by atoms with Gasteiger partial charge in [-0.2, -0.15) is 0 Å². The quantitative estimate of drug-likeness (QED) is 0.699. The molecule has 2 heterocycles. The summed E-state index contributed by atoms with van der Waals surface area (Å²) < 4.78 is 15.8. The fraction of sp³-hybridized carbons (Fsp3) is 0.444. The highest BCUT2D eigenvalue weighted by Crippen LogP contribution is 2.35. The average molecular weight is 214 g/mol. The van der Waals surface area contributed by atoms with Gasteiger partial charge in [0.2, 0.25) is 0 Å². The Hall–Kier alpha value is -1.23. The zero-order valence-corrected chi connectivity index (χ0v) is 8.50. The van der Waals surface area contributed by atoms with Crippen molar-refractivity contribution in [2.45, 2.75) is 13.0 Å². The van der Waals surface area contributed by atoms with E-state index < -0.39 is 0 Å². The van der Waals surface area contributed by atoms with Crippen LogP contribution < -0.4 is 9.47 Å². The van der Waals surface area contributed by atoms with Crippen LogP contribution in [0.3, 0.4) is 0 Å². The van der Waals surface area contributed by atoms with Gasteiger partial charge in [0.15, 0.2) is 17.6 Å². The summed E-state index contributed by atoms with van der Waals surface area (Å²) in [4.78, 5) is 10.6. The van der Waals surface area contributed by atoms with Gasteiger partial charge in [0.05, 0.1) is 0 Å². The third-order valence-corrected chi connectivity index (χ3v) is 2.48. The molecule has 76 valence electrons. The normalized spacial score (nSPS) is 19.1. The van der Waals surface area contributed by atoms with Gasteiger partial charge < -0.3 is 14.2 Å². The number of hydrogen-bond donors (Lipinski definition) is 0. The predicted octanol–water partition coefficient (Wildman–Crippen LogP) is 1.45. The number of hydrogen-bond acceptors (Lipinski definition) is 5. The van der Waals surface area contributed by atoms with Gasteiger partial charge in [0.25, 0.3) is 0 Å². The van der Waals surface area contributed by atoms with Gasteiger partial charge in [0.1, 0.15) is 13.2 Å². The number of rotatable bonds is 2. The highest BCUT2D eigenvalue weighted by molar-refractivity contribution is 7.08. The molecule has 0 N–H and O–H groups in total. The van der Waals surface area contributed by atoms with E-state index in [0.717, 1.165) is 11.5 Å². The molecule has 0 unspecified atom stereocenters. The van der Waals surface area contributed by atoms with Crippen LogP contribution in [0.15, 0.2) is 10.8 Å². The van der Waals surface area contributed by atoms with Crippen LogP contribution in [-0.2, 0) is 9.53 Å². The van der Waals surface area contributed by atoms with E-state index in [2.05, 4.69) is 0 Å². The van der Waals surface area contributed by atoms with Crippen molar-refractivity contribution < 1.29 is 19.0 Å². The largest absolute Gasteiger partial charge is 0.485 e. The Labute approximate surface area is 85.4 Å². The van der Waals surface area contributed by atoms with E-state index in [1.807, 2.05) is 10.8 Å². The van der Waals surface area contributed by atoms with E-state index in [9.17, 15) is 4.79 Å². The molecule has 1 atom stereocenters. The van der Waals surface area contributed by atoms with Crippen LogP contribution in [0.1, 0.15) is 6.92 Å². The first-order chi connectivity index (χ1) is 6.75. The van der Waals surface area contributed by atoms with Crippen LogP contribution >= 0.6 is 11.3 Å². The molecular weight excluding hydrogens is 204 g/mol. The van der Waals surface area contributed by atoms with Crippen molar-refractivity contribution in [3.8, 4) is 11.5 Å². The van der Waals surface area contributed by atoms with Crippen molar-refractivity contribution in [2.75, 3.05) is 13.2 Å². The molecule has 4 nitrogen and oxygen atoms in total. The third kappa shape index (κ3) is 1.98. The van der Waals surface area contributed by atoms with Crippen LogP contribution in [0, 0.1) is 0 Å². The summed E-state index contributed by atoms with van der Waals surface area (Å²) in [5, 5.41) is 3.76. The summed E-state index contributed by atoms with van der Waals surface area (Å²) in [6, 6.07) is 0. The Kier molecular flexibility index (Phi) is 2.58. The van der Waals surface area contributed by atoms with E-state index >= 15 is 0 Å². The molecule has 0 aliphatic carbocycles. The van der Waals surface area contributed by atoms with E-state index in [4.69, 9.17) is 14.2 Å². The van der Waals surface area contributed by atoms with Gasteiger partial charge in [-0.3, -0.25) is 4.79 Å². The Bertz CT molecular complexity index is 333. The SMILES string of the molecule is CC(=O)OC[C@@H]1COc2cscc2O1. The van der Waals surface area contributed by atoms with Crippen LogP contribution in [-0.4, -0.2) is 25.3 Å². The Morgan fingerprint density at radius 2 is 2.43 bits per heavy atom. The van der Waals surface area contributed by atoms with E-state index in [1.54, 1.807) is 0 Å². The smallest absolute Gasteiger partial charge is 0.302 e. The maximum atomic E-state index is 10.6. The number of fused-ring (bicyclic) bond motifs is 1. The standard InChI is InChI=1S/C9H10O4S/c1-6(10)11-2-7-3-12-8-4-14-5-9(8)13-7/h4-5,7H,2-3H2,1H3/t7-/m1/s1. The Morgan fingerprint density at radius 1 is 1.64 bits per heavy atom. The average Bonchev–Trinajstić information content (AvgIpc) is 2.61. The van der Waals surface area contributed by atoms with Crippen molar-refractivity contribution in [2.24, 2.45) is 0 Å². The summed E-state index contributed by atoms with van der Waals surface area (Å²) in [6.07, 6.45) is -0.194. The minimum atomic E-state index is -0.301. The number of carbonyl (C=O) groups is 1. The third-order valence-electron chi connectivity index (χ3n) is 1.78. The number of esters is 1. The summed E-state index contributed by atoms with van der Waals surface area (Å²) in [5.41, 5.74) is 0. The molecule has 0 saturated carbocycles. The van der Waals surface area contributed by atoms with Gasteiger partial charge in [-0.05, 0) is 0 Å². The molecule has 14 heavy (non-hydrogen) atoms. The van der Waals surface area contributed by atoms with Crippen molar-refractivity contribution in [3.63, 3.8) is 0 Å². The molecule has 0 fully saturated rings. The Morgan fingerprint density at radius 3 is 3.21 bits per heavy atom. The molecule has 0 saturated heterocycles. The lowest BCUT2D eigenvalue weighted by Crippen LogP contribution is -2.33. The van der Waals surface area contributed by atoms with E-state index in [1.165, 1.54) is 18.3 Å². The number of thiophene rings is 1. The fourth-order valence-electron chi connectivity index (χ4n) is 1.15. The summed E-state index contributed by atoms with van der Waals surface area (Å²) in [5.74, 6) is 1.21. The van der Waals surface area contributed by atoms with Crippen LogP contribution in [0.2, 0.25) is 0 Å². The molecule has 0 bridgehead atoms. The molecule has 1 aliphatic heterocycles. The first kappa shape index (κ1) is 9.33. The lowest BCUT2D eigenvalue weighted by atomic mass is 10.3. The zero-order chi connectivity index (χ0) is 9.97. The molecular formula is C9H10O4S. The number of ether oxygens (including phenoxy) is 3. The summed E-state index contributed by atoms with van der Waals surface area (Å²) in [7, 11) is 0. The van der Waals surface area contributed by atoms with Crippen molar-refractivity contribution >= 4 is 17.3 Å². The van der Waals surface area contributed by atoms with Crippen LogP contribution in [0.4, 0.5) is 0 Å². The summed E-state index contributed by atoms with van der Waals surface area (Å²) in [6.45, 7) is 2.04. The minimum Gasteiger partial charge on any atom is -0.485 e. The second-order valence-corrected chi connectivity index (χ2v) is 3.70. The highest BCUT2D eigenvalue weighted by atomic mass is 32.1. The van der Waals surface area contributed by atoms with Crippen molar-refractivity contribution in [3.05, 3.63) is 10.8 Å². The lowest BCUT2D eigenvalue weighted by Gasteiger charge is -2.23. The van der Waals surface area contributed by atoms with Gasteiger partial charge in [0, 0.05) is 17.7 Å². The maximum Gasteiger partial charge on any atom is 0.302 e. The highest BCUT2D eigenvalue weighted by Gasteiger charge is 2.22. The first-order valence-electron chi connectivity index (χ1n) is 4.24.